The van der Waals surface area contributed by atoms with Crippen molar-refractivity contribution in [2.24, 2.45) is 0 Å². The lowest BCUT2D eigenvalue weighted by Crippen LogP contribution is -2.06. The van der Waals surface area contributed by atoms with Crippen molar-refractivity contribution in [3.05, 3.63) is 29.5 Å². The Morgan fingerprint density at radius 2 is 2.05 bits per heavy atom. The second-order valence-electron chi connectivity index (χ2n) is 4.68. The summed E-state index contributed by atoms with van der Waals surface area (Å²) in [5.41, 5.74) is 3.67. The predicted octanol–water partition coefficient (Wildman–Crippen LogP) is 4.27. The number of halogens is 2. The number of hydrogen-bond donors (Lipinski definition) is 1. The lowest BCUT2D eigenvalue weighted by molar-refractivity contribution is -0.0497. The molecule has 108 valence electrons. The van der Waals surface area contributed by atoms with Gasteiger partial charge in [0.1, 0.15) is 5.75 Å². The van der Waals surface area contributed by atoms with E-state index in [1.54, 1.807) is 12.1 Å². The zero-order valence-corrected chi connectivity index (χ0v) is 11.8. The van der Waals surface area contributed by atoms with Crippen LogP contribution in [-0.2, 0) is 0 Å². The molecule has 0 saturated carbocycles. The third-order valence-corrected chi connectivity index (χ3v) is 3.22. The van der Waals surface area contributed by atoms with Crippen LogP contribution >= 0.6 is 0 Å². The highest BCUT2D eigenvalue weighted by Gasteiger charge is 2.11. The zero-order chi connectivity index (χ0) is 14.7. The van der Waals surface area contributed by atoms with Crippen molar-refractivity contribution in [2.75, 3.05) is 11.9 Å². The van der Waals surface area contributed by atoms with E-state index in [0.29, 0.717) is 0 Å². The standard InChI is InChI=1S/C15H18F2N2O/c1-4-7-18-14-9(2)10(3)19-13-6-5-11(8-12(13)14)20-15(16)17/h5-6,8,15H,4,7H2,1-3H3,(H,18,19). The number of aryl methyl sites for hydroxylation is 1. The summed E-state index contributed by atoms with van der Waals surface area (Å²) < 4.78 is 29.1. The normalized spacial score (nSPS) is 11.1. The van der Waals surface area contributed by atoms with Gasteiger partial charge in [0, 0.05) is 23.3 Å². The van der Waals surface area contributed by atoms with E-state index in [2.05, 4.69) is 22.0 Å². The first-order valence-corrected chi connectivity index (χ1v) is 6.62. The predicted molar refractivity (Wildman–Crippen MR) is 76.6 cm³/mol. The Morgan fingerprint density at radius 1 is 1.30 bits per heavy atom. The Labute approximate surface area is 117 Å². The van der Waals surface area contributed by atoms with Crippen LogP contribution in [0.4, 0.5) is 14.5 Å². The second kappa shape index (κ2) is 6.03. The van der Waals surface area contributed by atoms with E-state index in [9.17, 15) is 8.78 Å². The minimum atomic E-state index is -2.82. The quantitative estimate of drug-likeness (QED) is 0.887. The number of anilines is 1. The van der Waals surface area contributed by atoms with Gasteiger partial charge >= 0.3 is 6.61 Å². The first kappa shape index (κ1) is 14.5. The Bertz CT molecular complexity index is 614. The van der Waals surface area contributed by atoms with Gasteiger partial charge in [-0.05, 0) is 44.0 Å². The van der Waals surface area contributed by atoms with Crippen molar-refractivity contribution >= 4 is 16.6 Å². The number of ether oxygens (including phenoxy) is 1. The molecule has 2 aromatic rings. The number of fused-ring (bicyclic) bond motifs is 1. The van der Waals surface area contributed by atoms with Gasteiger partial charge < -0.3 is 10.1 Å². The lowest BCUT2D eigenvalue weighted by atomic mass is 10.1. The van der Waals surface area contributed by atoms with Crippen molar-refractivity contribution < 1.29 is 13.5 Å². The summed E-state index contributed by atoms with van der Waals surface area (Å²) in [5, 5.41) is 4.15. The molecular formula is C15H18F2N2O. The summed E-state index contributed by atoms with van der Waals surface area (Å²) in [4.78, 5) is 4.48. The van der Waals surface area contributed by atoms with Crippen LogP contribution in [0.15, 0.2) is 18.2 Å². The fourth-order valence-corrected chi connectivity index (χ4v) is 2.11. The highest BCUT2D eigenvalue weighted by molar-refractivity contribution is 5.94. The Hall–Kier alpha value is -1.91. The summed E-state index contributed by atoms with van der Waals surface area (Å²) in [6.07, 6.45) is 0.982. The van der Waals surface area contributed by atoms with Crippen LogP contribution in [0.25, 0.3) is 10.9 Å². The van der Waals surface area contributed by atoms with E-state index in [1.165, 1.54) is 6.07 Å². The van der Waals surface area contributed by atoms with Gasteiger partial charge in [-0.15, -0.1) is 0 Å². The van der Waals surface area contributed by atoms with Gasteiger partial charge in [0.15, 0.2) is 0 Å². The summed E-state index contributed by atoms with van der Waals surface area (Å²) >= 11 is 0. The number of nitrogens with zero attached hydrogens (tertiary/aromatic N) is 1. The molecule has 0 saturated heterocycles. The molecule has 3 nitrogen and oxygen atoms in total. The summed E-state index contributed by atoms with van der Waals surface area (Å²) in [6.45, 7) is 3.98. The highest BCUT2D eigenvalue weighted by atomic mass is 19.3. The van der Waals surface area contributed by atoms with Gasteiger partial charge in [0.2, 0.25) is 0 Å². The van der Waals surface area contributed by atoms with Crippen molar-refractivity contribution in [3.63, 3.8) is 0 Å². The molecule has 1 heterocycles. The molecule has 2 rings (SSSR count). The van der Waals surface area contributed by atoms with Gasteiger partial charge in [0.25, 0.3) is 0 Å². The van der Waals surface area contributed by atoms with Crippen molar-refractivity contribution in [1.82, 2.24) is 4.98 Å². The third kappa shape index (κ3) is 2.98. The van der Waals surface area contributed by atoms with Crippen molar-refractivity contribution in [1.29, 1.82) is 0 Å². The molecule has 0 unspecified atom stereocenters. The van der Waals surface area contributed by atoms with Gasteiger partial charge in [0.05, 0.1) is 5.52 Å². The SMILES string of the molecule is CCCNc1c(C)c(C)nc2ccc(OC(F)F)cc12. The van der Waals surface area contributed by atoms with Crippen LogP contribution in [-0.4, -0.2) is 18.1 Å². The van der Waals surface area contributed by atoms with E-state index in [4.69, 9.17) is 0 Å². The second-order valence-corrected chi connectivity index (χ2v) is 4.68. The first-order valence-electron chi connectivity index (χ1n) is 6.62. The number of alkyl halides is 2. The number of nitrogens with one attached hydrogen (secondary N) is 1. The van der Waals surface area contributed by atoms with Gasteiger partial charge in [-0.1, -0.05) is 6.92 Å². The summed E-state index contributed by atoms with van der Waals surface area (Å²) in [5.74, 6) is 0.150. The molecule has 1 aromatic carbocycles. The Balaban J connectivity index is 2.55. The molecule has 0 aliphatic rings. The number of aromatic nitrogens is 1. The Kier molecular flexibility index (Phi) is 4.37. The van der Waals surface area contributed by atoms with E-state index in [-0.39, 0.29) is 5.75 Å². The maximum absolute atomic E-state index is 12.3. The minimum absolute atomic E-state index is 0.150. The molecule has 0 atom stereocenters. The average molecular weight is 280 g/mol. The number of benzene rings is 1. The van der Waals surface area contributed by atoms with E-state index < -0.39 is 6.61 Å². The first-order chi connectivity index (χ1) is 9.52. The van der Waals surface area contributed by atoms with Crippen molar-refractivity contribution in [2.45, 2.75) is 33.8 Å². The maximum atomic E-state index is 12.3. The maximum Gasteiger partial charge on any atom is 0.387 e. The van der Waals surface area contributed by atoms with Gasteiger partial charge in [-0.25, -0.2) is 0 Å². The number of pyridine rings is 1. The minimum Gasteiger partial charge on any atom is -0.435 e. The molecule has 0 fully saturated rings. The summed E-state index contributed by atoms with van der Waals surface area (Å²) in [7, 11) is 0. The topological polar surface area (TPSA) is 34.2 Å². The molecule has 0 aliphatic carbocycles. The fourth-order valence-electron chi connectivity index (χ4n) is 2.11. The largest absolute Gasteiger partial charge is 0.435 e. The number of rotatable bonds is 5. The van der Waals surface area contributed by atoms with Gasteiger partial charge in [-0.3, -0.25) is 4.98 Å². The molecular weight excluding hydrogens is 262 g/mol. The molecule has 0 spiro atoms. The molecule has 0 amide bonds. The van der Waals surface area contributed by atoms with E-state index >= 15 is 0 Å². The highest BCUT2D eigenvalue weighted by Crippen LogP contribution is 2.31. The van der Waals surface area contributed by atoms with Crippen LogP contribution in [0, 0.1) is 13.8 Å². The molecule has 1 N–H and O–H groups in total. The van der Waals surface area contributed by atoms with Crippen LogP contribution < -0.4 is 10.1 Å². The van der Waals surface area contributed by atoms with Crippen LogP contribution in [0.2, 0.25) is 0 Å². The molecule has 1 aromatic heterocycles. The van der Waals surface area contributed by atoms with Gasteiger partial charge in [-0.2, -0.15) is 8.78 Å². The monoisotopic (exact) mass is 280 g/mol. The smallest absolute Gasteiger partial charge is 0.387 e. The zero-order valence-electron chi connectivity index (χ0n) is 11.8. The van der Waals surface area contributed by atoms with E-state index in [1.807, 2.05) is 13.8 Å². The molecule has 0 radical (unpaired) electrons. The molecule has 20 heavy (non-hydrogen) atoms. The third-order valence-electron chi connectivity index (χ3n) is 3.22. The van der Waals surface area contributed by atoms with Crippen LogP contribution in [0.5, 0.6) is 5.75 Å². The van der Waals surface area contributed by atoms with Crippen LogP contribution in [0.1, 0.15) is 24.6 Å². The molecule has 5 heteroatoms. The summed E-state index contributed by atoms with van der Waals surface area (Å²) in [6, 6.07) is 4.83. The average Bonchev–Trinajstić information content (AvgIpc) is 2.39. The molecule has 0 aliphatic heterocycles. The fraction of sp³-hybridized carbons (Fsp3) is 0.400. The number of hydrogen-bond acceptors (Lipinski definition) is 3. The van der Waals surface area contributed by atoms with Crippen molar-refractivity contribution in [3.8, 4) is 5.75 Å². The van der Waals surface area contributed by atoms with E-state index in [0.717, 1.165) is 40.8 Å². The Morgan fingerprint density at radius 3 is 2.70 bits per heavy atom. The van der Waals surface area contributed by atoms with Crippen LogP contribution in [0.3, 0.4) is 0 Å². The molecule has 0 bridgehead atoms. The lowest BCUT2D eigenvalue weighted by Gasteiger charge is -2.15.